The first kappa shape index (κ1) is 15.8. The average molecular weight is 330 g/mol. The summed E-state index contributed by atoms with van der Waals surface area (Å²) in [5.74, 6) is 1.36. The highest BCUT2D eigenvalue weighted by atomic mass is 79.9. The van der Waals surface area contributed by atoms with E-state index in [0.717, 1.165) is 10.2 Å². The summed E-state index contributed by atoms with van der Waals surface area (Å²) < 4.78 is 11.6. The van der Waals surface area contributed by atoms with Gasteiger partial charge in [-0.1, -0.05) is 0 Å². The minimum atomic E-state index is -0.510. The maximum absolute atomic E-state index is 12.1. The number of hydrogen-bond donors (Lipinski definition) is 0. The van der Waals surface area contributed by atoms with Crippen LogP contribution < -0.4 is 9.47 Å². The number of ether oxygens (including phenoxy) is 2. The zero-order valence-electron chi connectivity index (χ0n) is 11.8. The summed E-state index contributed by atoms with van der Waals surface area (Å²) in [5, 5.41) is 0. The van der Waals surface area contributed by atoms with Gasteiger partial charge >= 0.3 is 0 Å². The fourth-order valence-corrected chi connectivity index (χ4v) is 2.19. The summed E-state index contributed by atoms with van der Waals surface area (Å²) in [4.78, 5) is 13.9. The van der Waals surface area contributed by atoms with E-state index in [9.17, 15) is 4.79 Å². The van der Waals surface area contributed by atoms with Gasteiger partial charge in [0.05, 0.1) is 11.6 Å². The average Bonchev–Trinajstić information content (AvgIpc) is 2.42. The molecular formula is C14H20BrNO3. The molecule has 0 fully saturated rings. The van der Waals surface area contributed by atoms with Crippen molar-refractivity contribution in [3.05, 3.63) is 22.7 Å². The number of benzene rings is 1. The van der Waals surface area contributed by atoms with Gasteiger partial charge in [0, 0.05) is 13.1 Å². The van der Waals surface area contributed by atoms with Crippen LogP contribution in [0.25, 0.3) is 0 Å². The van der Waals surface area contributed by atoms with E-state index in [2.05, 4.69) is 15.9 Å². The lowest BCUT2D eigenvalue weighted by atomic mass is 10.3. The third-order valence-corrected chi connectivity index (χ3v) is 3.49. The minimum absolute atomic E-state index is 0.00674. The van der Waals surface area contributed by atoms with E-state index in [0.29, 0.717) is 18.8 Å². The maximum atomic E-state index is 12.1. The first-order valence-corrected chi connectivity index (χ1v) is 7.11. The molecule has 0 saturated carbocycles. The van der Waals surface area contributed by atoms with Crippen molar-refractivity contribution >= 4 is 21.8 Å². The normalized spacial score (nSPS) is 11.8. The van der Waals surface area contributed by atoms with Gasteiger partial charge in [0.1, 0.15) is 11.5 Å². The van der Waals surface area contributed by atoms with E-state index >= 15 is 0 Å². The number of rotatable bonds is 6. The monoisotopic (exact) mass is 329 g/mol. The van der Waals surface area contributed by atoms with Crippen LogP contribution in [0.2, 0.25) is 0 Å². The second-order valence-electron chi connectivity index (χ2n) is 4.07. The summed E-state index contributed by atoms with van der Waals surface area (Å²) in [6, 6.07) is 5.40. The Kier molecular flexibility index (Phi) is 6.15. The molecule has 1 rings (SSSR count). The van der Waals surface area contributed by atoms with Gasteiger partial charge < -0.3 is 14.4 Å². The topological polar surface area (TPSA) is 38.8 Å². The van der Waals surface area contributed by atoms with Crippen molar-refractivity contribution in [1.82, 2.24) is 4.90 Å². The molecule has 0 spiro atoms. The Hall–Kier alpha value is -1.23. The Labute approximate surface area is 122 Å². The quantitative estimate of drug-likeness (QED) is 0.805. The number of halogens is 1. The zero-order valence-corrected chi connectivity index (χ0v) is 13.4. The van der Waals surface area contributed by atoms with Crippen LogP contribution in [0.5, 0.6) is 11.5 Å². The van der Waals surface area contributed by atoms with E-state index in [1.165, 1.54) is 0 Å². The Bertz CT molecular complexity index is 433. The molecule has 4 nitrogen and oxygen atoms in total. The smallest absolute Gasteiger partial charge is 0.263 e. The highest BCUT2D eigenvalue weighted by Crippen LogP contribution is 2.29. The SMILES string of the molecule is CCN(CC)C(=O)C(C)Oc1ccc(OC)cc1Br. The first-order chi connectivity index (χ1) is 9.03. The molecule has 106 valence electrons. The molecule has 1 aromatic rings. The molecule has 0 aromatic heterocycles. The number of nitrogens with zero attached hydrogens (tertiary/aromatic N) is 1. The van der Waals surface area contributed by atoms with Gasteiger partial charge in [-0.2, -0.15) is 0 Å². The van der Waals surface area contributed by atoms with Gasteiger partial charge in [0.2, 0.25) is 0 Å². The van der Waals surface area contributed by atoms with Crippen LogP contribution in [0.1, 0.15) is 20.8 Å². The summed E-state index contributed by atoms with van der Waals surface area (Å²) >= 11 is 3.41. The third-order valence-electron chi connectivity index (χ3n) is 2.87. The fourth-order valence-electron chi connectivity index (χ4n) is 1.74. The standard InChI is InChI=1S/C14H20BrNO3/c1-5-16(6-2)14(17)10(3)19-13-8-7-11(18-4)9-12(13)15/h7-10H,5-6H2,1-4H3. The zero-order chi connectivity index (χ0) is 14.4. The van der Waals surface area contributed by atoms with E-state index in [1.54, 1.807) is 31.1 Å². The molecule has 1 aromatic carbocycles. The maximum Gasteiger partial charge on any atom is 0.263 e. The second-order valence-corrected chi connectivity index (χ2v) is 4.92. The molecule has 1 atom stereocenters. The molecule has 0 N–H and O–H groups in total. The van der Waals surface area contributed by atoms with E-state index < -0.39 is 6.10 Å². The van der Waals surface area contributed by atoms with Gasteiger partial charge in [0.15, 0.2) is 6.10 Å². The van der Waals surface area contributed by atoms with Crippen molar-refractivity contribution in [2.45, 2.75) is 26.9 Å². The fraction of sp³-hybridized carbons (Fsp3) is 0.500. The Morgan fingerprint density at radius 2 is 2.00 bits per heavy atom. The van der Waals surface area contributed by atoms with Crippen molar-refractivity contribution in [1.29, 1.82) is 0 Å². The van der Waals surface area contributed by atoms with Crippen molar-refractivity contribution in [2.75, 3.05) is 20.2 Å². The van der Waals surface area contributed by atoms with E-state index in [-0.39, 0.29) is 5.91 Å². The number of methoxy groups -OCH3 is 1. The van der Waals surface area contributed by atoms with Crippen molar-refractivity contribution in [2.24, 2.45) is 0 Å². The predicted octanol–water partition coefficient (Wildman–Crippen LogP) is 3.09. The Morgan fingerprint density at radius 1 is 1.37 bits per heavy atom. The molecule has 0 aliphatic heterocycles. The molecule has 1 unspecified atom stereocenters. The van der Waals surface area contributed by atoms with Crippen LogP contribution in [0, 0.1) is 0 Å². The molecule has 0 bridgehead atoms. The van der Waals surface area contributed by atoms with Gasteiger partial charge in [-0.05, 0) is 54.9 Å². The lowest BCUT2D eigenvalue weighted by molar-refractivity contribution is -0.137. The number of likely N-dealkylation sites (N-methyl/N-ethyl adjacent to an activating group) is 1. The van der Waals surface area contributed by atoms with Crippen LogP contribution in [-0.4, -0.2) is 37.1 Å². The third kappa shape index (κ3) is 4.13. The molecule has 5 heteroatoms. The van der Waals surface area contributed by atoms with Crippen LogP contribution in [0.3, 0.4) is 0 Å². The second kappa shape index (κ2) is 7.38. The van der Waals surface area contributed by atoms with E-state index in [4.69, 9.17) is 9.47 Å². The van der Waals surface area contributed by atoms with Gasteiger partial charge in [-0.3, -0.25) is 4.79 Å². The summed E-state index contributed by atoms with van der Waals surface area (Å²) in [5.41, 5.74) is 0. The Balaban J connectivity index is 2.76. The van der Waals surface area contributed by atoms with E-state index in [1.807, 2.05) is 19.9 Å². The highest BCUT2D eigenvalue weighted by molar-refractivity contribution is 9.10. The largest absolute Gasteiger partial charge is 0.497 e. The van der Waals surface area contributed by atoms with Crippen LogP contribution in [0.4, 0.5) is 0 Å². The summed E-state index contributed by atoms with van der Waals surface area (Å²) in [7, 11) is 1.61. The summed E-state index contributed by atoms with van der Waals surface area (Å²) in [6.07, 6.45) is -0.510. The van der Waals surface area contributed by atoms with Crippen LogP contribution >= 0.6 is 15.9 Å². The lowest BCUT2D eigenvalue weighted by Gasteiger charge is -2.23. The van der Waals surface area contributed by atoms with Crippen molar-refractivity contribution in [3.63, 3.8) is 0 Å². The molecular weight excluding hydrogens is 310 g/mol. The molecule has 0 saturated heterocycles. The number of carbonyl (C=O) groups is 1. The van der Waals surface area contributed by atoms with Crippen molar-refractivity contribution in [3.8, 4) is 11.5 Å². The minimum Gasteiger partial charge on any atom is -0.497 e. The molecule has 1 amide bonds. The number of hydrogen-bond acceptors (Lipinski definition) is 3. The summed E-state index contributed by atoms with van der Waals surface area (Å²) in [6.45, 7) is 7.05. The van der Waals surface area contributed by atoms with Gasteiger partial charge in [0.25, 0.3) is 5.91 Å². The van der Waals surface area contributed by atoms with Gasteiger partial charge in [-0.25, -0.2) is 0 Å². The molecule has 0 aliphatic rings. The van der Waals surface area contributed by atoms with Crippen LogP contribution in [-0.2, 0) is 4.79 Å². The van der Waals surface area contributed by atoms with Gasteiger partial charge in [-0.15, -0.1) is 0 Å². The molecule has 0 aliphatic carbocycles. The Morgan fingerprint density at radius 3 is 2.47 bits per heavy atom. The predicted molar refractivity (Wildman–Crippen MR) is 78.7 cm³/mol. The highest BCUT2D eigenvalue weighted by Gasteiger charge is 2.20. The molecule has 0 heterocycles. The molecule has 0 radical (unpaired) electrons. The number of amides is 1. The number of carbonyl (C=O) groups excluding carboxylic acids is 1. The molecule has 19 heavy (non-hydrogen) atoms. The van der Waals surface area contributed by atoms with Crippen molar-refractivity contribution < 1.29 is 14.3 Å². The van der Waals surface area contributed by atoms with Crippen LogP contribution in [0.15, 0.2) is 22.7 Å². The first-order valence-electron chi connectivity index (χ1n) is 6.32. The lowest BCUT2D eigenvalue weighted by Crippen LogP contribution is -2.40.